The van der Waals surface area contributed by atoms with E-state index in [1.54, 1.807) is 6.92 Å². The third-order valence-electron chi connectivity index (χ3n) is 2.60. The van der Waals surface area contributed by atoms with E-state index in [9.17, 15) is 14.3 Å². The van der Waals surface area contributed by atoms with Crippen molar-refractivity contribution in [3.05, 3.63) is 29.6 Å². The van der Waals surface area contributed by atoms with Crippen LogP contribution in [0.4, 0.5) is 4.39 Å². The molecule has 0 aliphatic carbocycles. The molecule has 3 N–H and O–H groups in total. The van der Waals surface area contributed by atoms with E-state index < -0.39 is 11.7 Å². The first kappa shape index (κ1) is 14.8. The van der Waals surface area contributed by atoms with Crippen LogP contribution in [0.25, 0.3) is 0 Å². The van der Waals surface area contributed by atoms with Crippen LogP contribution in [-0.2, 0) is 0 Å². The van der Waals surface area contributed by atoms with Gasteiger partial charge in [-0.25, -0.2) is 4.39 Å². The van der Waals surface area contributed by atoms with E-state index in [1.165, 1.54) is 11.8 Å². The molecule has 0 fully saturated rings. The lowest BCUT2D eigenvalue weighted by Gasteiger charge is -2.21. The molecule has 100 valence electrons. The summed E-state index contributed by atoms with van der Waals surface area (Å²) in [5.74, 6) is -1.42. The molecule has 0 aliphatic heterocycles. The third-order valence-corrected chi connectivity index (χ3v) is 3.77. The lowest BCUT2D eigenvalue weighted by molar-refractivity contribution is 0.0933. The van der Waals surface area contributed by atoms with Crippen molar-refractivity contribution >= 4 is 17.7 Å². The number of aromatic hydroxyl groups is 1. The topological polar surface area (TPSA) is 69.6 Å². The van der Waals surface area contributed by atoms with Crippen LogP contribution in [0.15, 0.2) is 18.2 Å². The first-order valence-corrected chi connectivity index (χ1v) is 6.71. The van der Waals surface area contributed by atoms with Gasteiger partial charge in [0.2, 0.25) is 0 Å². The normalized spacial score (nSPS) is 14.0. The average molecular weight is 273 g/mol. The molecule has 2 unspecified atom stereocenters. The van der Waals surface area contributed by atoms with Crippen LogP contribution < -0.4 is 5.32 Å². The second-order valence-corrected chi connectivity index (χ2v) is 4.96. The number of halogens is 1. The Hall–Kier alpha value is -1.27. The summed E-state index contributed by atoms with van der Waals surface area (Å²) in [6, 6.07) is 2.89. The molecule has 0 spiro atoms. The zero-order valence-corrected chi connectivity index (χ0v) is 11.0. The molecule has 18 heavy (non-hydrogen) atoms. The highest BCUT2D eigenvalue weighted by atomic mass is 32.2. The van der Waals surface area contributed by atoms with Gasteiger partial charge in [-0.2, -0.15) is 11.8 Å². The van der Waals surface area contributed by atoms with Crippen molar-refractivity contribution in [1.82, 2.24) is 5.32 Å². The van der Waals surface area contributed by atoms with Gasteiger partial charge in [-0.1, -0.05) is 0 Å². The molecule has 0 aromatic heterocycles. The smallest absolute Gasteiger partial charge is 0.255 e. The fourth-order valence-electron chi connectivity index (χ4n) is 1.50. The number of phenolic OH excluding ortho intramolecular Hbond substituents is 1. The van der Waals surface area contributed by atoms with Crippen LogP contribution in [0.2, 0.25) is 0 Å². The van der Waals surface area contributed by atoms with Crippen LogP contribution in [0.5, 0.6) is 5.75 Å². The molecule has 0 aliphatic rings. The van der Waals surface area contributed by atoms with Crippen molar-refractivity contribution < 1.29 is 19.4 Å². The number of aliphatic hydroxyl groups excluding tert-OH is 1. The molecular formula is C12H16FNO3S. The predicted octanol–water partition coefficient (Wildman–Crippen LogP) is 1.37. The zero-order valence-electron chi connectivity index (χ0n) is 10.2. The van der Waals surface area contributed by atoms with E-state index in [-0.39, 0.29) is 29.2 Å². The molecule has 2 atom stereocenters. The molecule has 0 saturated carbocycles. The van der Waals surface area contributed by atoms with Crippen molar-refractivity contribution in [2.75, 3.05) is 12.9 Å². The Labute approximate surface area is 109 Å². The highest BCUT2D eigenvalue weighted by Crippen LogP contribution is 2.18. The minimum absolute atomic E-state index is 0.0717. The number of carbonyl (C=O) groups excluding carboxylic acids is 1. The zero-order chi connectivity index (χ0) is 13.7. The van der Waals surface area contributed by atoms with Gasteiger partial charge in [0, 0.05) is 11.3 Å². The Balaban J connectivity index is 2.79. The number of rotatable bonds is 5. The molecule has 0 heterocycles. The summed E-state index contributed by atoms with van der Waals surface area (Å²) in [5.41, 5.74) is -0.111. The number of hydrogen-bond donors (Lipinski definition) is 3. The maximum Gasteiger partial charge on any atom is 0.255 e. The monoisotopic (exact) mass is 273 g/mol. The molecule has 0 bridgehead atoms. The fraction of sp³-hybridized carbons (Fsp3) is 0.417. The van der Waals surface area contributed by atoms with Gasteiger partial charge in [-0.05, 0) is 31.4 Å². The number of phenols is 1. The second-order valence-electron chi connectivity index (χ2n) is 3.88. The SMILES string of the molecule is CSC(CO)C(C)NC(=O)c1cc(F)ccc1O. The Kier molecular flexibility index (Phi) is 5.43. The van der Waals surface area contributed by atoms with Crippen molar-refractivity contribution in [1.29, 1.82) is 0 Å². The molecule has 1 amide bonds. The minimum atomic E-state index is -0.589. The van der Waals surface area contributed by atoms with Gasteiger partial charge in [-0.3, -0.25) is 4.79 Å². The summed E-state index contributed by atoms with van der Waals surface area (Å²) < 4.78 is 13.0. The standard InChI is InChI=1S/C12H16FNO3S/c1-7(11(6-15)18-2)14-12(17)9-5-8(13)3-4-10(9)16/h3-5,7,11,15-16H,6H2,1-2H3,(H,14,17). The van der Waals surface area contributed by atoms with E-state index in [0.29, 0.717) is 0 Å². The summed E-state index contributed by atoms with van der Waals surface area (Å²) in [4.78, 5) is 11.8. The van der Waals surface area contributed by atoms with Gasteiger partial charge in [0.05, 0.1) is 12.2 Å². The molecule has 1 aromatic carbocycles. The summed E-state index contributed by atoms with van der Waals surface area (Å²) >= 11 is 1.42. The summed E-state index contributed by atoms with van der Waals surface area (Å²) in [6.07, 6.45) is 1.82. The summed E-state index contributed by atoms with van der Waals surface area (Å²) in [7, 11) is 0. The van der Waals surface area contributed by atoms with Gasteiger partial charge >= 0.3 is 0 Å². The molecule has 4 nitrogen and oxygen atoms in total. The lowest BCUT2D eigenvalue weighted by Crippen LogP contribution is -2.41. The molecule has 1 aromatic rings. The van der Waals surface area contributed by atoms with Gasteiger partial charge in [0.25, 0.3) is 5.91 Å². The largest absolute Gasteiger partial charge is 0.507 e. The number of nitrogens with one attached hydrogen (secondary N) is 1. The van der Waals surface area contributed by atoms with Crippen molar-refractivity contribution in [2.45, 2.75) is 18.2 Å². The number of amides is 1. The van der Waals surface area contributed by atoms with E-state index in [0.717, 1.165) is 18.2 Å². The predicted molar refractivity (Wildman–Crippen MR) is 69.4 cm³/mol. The molecule has 1 rings (SSSR count). The summed E-state index contributed by atoms with van der Waals surface area (Å²) in [6.45, 7) is 1.67. The highest BCUT2D eigenvalue weighted by molar-refractivity contribution is 7.99. The van der Waals surface area contributed by atoms with Gasteiger partial charge in [0.15, 0.2) is 0 Å². The molecule has 0 radical (unpaired) electrons. The fourth-order valence-corrected chi connectivity index (χ4v) is 2.13. The molecule has 0 saturated heterocycles. The van der Waals surface area contributed by atoms with E-state index in [1.807, 2.05) is 6.26 Å². The first-order valence-electron chi connectivity index (χ1n) is 5.42. The summed E-state index contributed by atoms with van der Waals surface area (Å²) in [5, 5.41) is 21.1. The lowest BCUT2D eigenvalue weighted by atomic mass is 10.1. The van der Waals surface area contributed by atoms with E-state index in [2.05, 4.69) is 5.32 Å². The number of thioether (sulfide) groups is 1. The van der Waals surface area contributed by atoms with Crippen LogP contribution in [0.3, 0.4) is 0 Å². The maximum absolute atomic E-state index is 13.0. The van der Waals surface area contributed by atoms with Crippen LogP contribution >= 0.6 is 11.8 Å². The van der Waals surface area contributed by atoms with Gasteiger partial charge in [-0.15, -0.1) is 0 Å². The quantitative estimate of drug-likeness (QED) is 0.758. The van der Waals surface area contributed by atoms with E-state index >= 15 is 0 Å². The third kappa shape index (κ3) is 3.61. The number of benzene rings is 1. The molecular weight excluding hydrogens is 257 g/mol. The van der Waals surface area contributed by atoms with Crippen LogP contribution in [0, 0.1) is 5.82 Å². The van der Waals surface area contributed by atoms with Crippen molar-refractivity contribution in [3.63, 3.8) is 0 Å². The van der Waals surface area contributed by atoms with Gasteiger partial charge < -0.3 is 15.5 Å². The number of hydrogen-bond acceptors (Lipinski definition) is 4. The Morgan fingerprint density at radius 2 is 2.22 bits per heavy atom. The Bertz CT molecular complexity index is 424. The molecule has 6 heteroatoms. The van der Waals surface area contributed by atoms with E-state index in [4.69, 9.17) is 5.11 Å². The van der Waals surface area contributed by atoms with Crippen molar-refractivity contribution in [3.8, 4) is 5.75 Å². The second kappa shape index (κ2) is 6.61. The minimum Gasteiger partial charge on any atom is -0.507 e. The maximum atomic E-state index is 13.0. The van der Waals surface area contributed by atoms with Crippen LogP contribution in [-0.4, -0.2) is 40.3 Å². The Morgan fingerprint density at radius 3 is 2.78 bits per heavy atom. The number of carbonyl (C=O) groups is 1. The first-order chi connectivity index (χ1) is 8.49. The Morgan fingerprint density at radius 1 is 1.56 bits per heavy atom. The average Bonchev–Trinajstić information content (AvgIpc) is 2.33. The number of aliphatic hydroxyl groups is 1. The highest BCUT2D eigenvalue weighted by Gasteiger charge is 2.20. The van der Waals surface area contributed by atoms with Crippen LogP contribution in [0.1, 0.15) is 17.3 Å². The van der Waals surface area contributed by atoms with Crippen molar-refractivity contribution in [2.24, 2.45) is 0 Å². The van der Waals surface area contributed by atoms with Gasteiger partial charge in [0.1, 0.15) is 11.6 Å².